The zero-order valence-electron chi connectivity index (χ0n) is 21.0. The van der Waals surface area contributed by atoms with E-state index in [2.05, 4.69) is 42.5 Å². The predicted octanol–water partition coefficient (Wildman–Crippen LogP) is 5.71. The van der Waals surface area contributed by atoms with Gasteiger partial charge < -0.3 is 15.4 Å². The lowest BCUT2D eigenvalue weighted by Crippen LogP contribution is -2.40. The molecule has 2 N–H and O–H groups in total. The molecular formula is C28H39N3O3. The standard InChI is InChI=1S/C28H39N3O3/c1-28(2,3)22-10-12-23(13-11-22)30-25-16-21-14-18(8-9-20(21)17-29-25)26(32)31-24-7-5-6-19(15-24)27(33)34-4/h8-9,14,16-17,19,22-24H,5-7,10-13,15H2,1-4H3,(H,29,30)(H,31,32)/t19?,22-,23-,24?. The fourth-order valence-corrected chi connectivity index (χ4v) is 5.64. The van der Waals surface area contributed by atoms with E-state index in [1.54, 1.807) is 0 Å². The molecule has 2 saturated carbocycles. The van der Waals surface area contributed by atoms with Crippen molar-refractivity contribution in [3.63, 3.8) is 0 Å². The Hall–Kier alpha value is -2.63. The van der Waals surface area contributed by atoms with E-state index >= 15 is 0 Å². The molecule has 2 aromatic rings. The van der Waals surface area contributed by atoms with Gasteiger partial charge in [-0.05, 0) is 79.9 Å². The van der Waals surface area contributed by atoms with Gasteiger partial charge >= 0.3 is 5.97 Å². The fraction of sp³-hybridized carbons (Fsp3) is 0.607. The van der Waals surface area contributed by atoms with Gasteiger partial charge in [0.05, 0.1) is 13.0 Å². The van der Waals surface area contributed by atoms with Gasteiger partial charge in [0.25, 0.3) is 5.91 Å². The third-order valence-corrected chi connectivity index (χ3v) is 7.83. The van der Waals surface area contributed by atoms with Crippen molar-refractivity contribution in [2.24, 2.45) is 17.3 Å². The van der Waals surface area contributed by atoms with E-state index in [0.717, 1.165) is 54.6 Å². The van der Waals surface area contributed by atoms with Crippen LogP contribution in [0.2, 0.25) is 0 Å². The summed E-state index contributed by atoms with van der Waals surface area (Å²) in [5.41, 5.74) is 1.01. The van der Waals surface area contributed by atoms with Gasteiger partial charge in [-0.15, -0.1) is 0 Å². The number of benzene rings is 1. The van der Waals surface area contributed by atoms with Gasteiger partial charge in [0.2, 0.25) is 0 Å². The SMILES string of the molecule is COC(=O)C1CCCC(NC(=O)c2ccc3cnc(N[C@H]4CC[C@H](C(C)(C)C)CC4)cc3c2)C1. The Morgan fingerprint density at radius 2 is 1.74 bits per heavy atom. The molecule has 2 aliphatic rings. The number of hydrogen-bond donors (Lipinski definition) is 2. The van der Waals surface area contributed by atoms with Crippen LogP contribution >= 0.6 is 0 Å². The normalized spacial score (nSPS) is 25.5. The number of carbonyl (C=O) groups excluding carboxylic acids is 2. The van der Waals surface area contributed by atoms with Crippen LogP contribution in [0.1, 0.15) is 82.5 Å². The van der Waals surface area contributed by atoms with E-state index in [9.17, 15) is 9.59 Å². The first-order valence-electron chi connectivity index (χ1n) is 12.8. The second kappa shape index (κ2) is 10.3. The number of pyridine rings is 1. The first kappa shape index (κ1) is 24.5. The lowest BCUT2D eigenvalue weighted by Gasteiger charge is -2.37. The van der Waals surface area contributed by atoms with Crippen LogP contribution in [-0.4, -0.2) is 36.1 Å². The van der Waals surface area contributed by atoms with Crippen LogP contribution in [0.4, 0.5) is 5.82 Å². The van der Waals surface area contributed by atoms with E-state index in [1.807, 2.05) is 24.4 Å². The van der Waals surface area contributed by atoms with Crippen LogP contribution in [0.3, 0.4) is 0 Å². The lowest BCUT2D eigenvalue weighted by molar-refractivity contribution is -0.146. The Morgan fingerprint density at radius 3 is 2.44 bits per heavy atom. The van der Waals surface area contributed by atoms with Crippen molar-refractivity contribution in [2.45, 2.75) is 84.2 Å². The number of rotatable bonds is 5. The second-order valence-corrected chi connectivity index (χ2v) is 11.2. The van der Waals surface area contributed by atoms with Gasteiger partial charge in [-0.2, -0.15) is 0 Å². The Morgan fingerprint density at radius 1 is 0.971 bits per heavy atom. The summed E-state index contributed by atoms with van der Waals surface area (Å²) in [5, 5.41) is 8.77. The van der Waals surface area contributed by atoms with Crippen LogP contribution in [0.5, 0.6) is 0 Å². The van der Waals surface area contributed by atoms with Crippen LogP contribution in [-0.2, 0) is 9.53 Å². The Balaban J connectivity index is 1.39. The molecule has 4 rings (SSSR count). The van der Waals surface area contributed by atoms with E-state index in [1.165, 1.54) is 20.0 Å². The Bertz CT molecular complexity index is 1020. The molecule has 1 aromatic carbocycles. The van der Waals surface area contributed by atoms with Crippen molar-refractivity contribution in [3.05, 3.63) is 36.0 Å². The predicted molar refractivity (Wildman–Crippen MR) is 136 cm³/mol. The highest BCUT2D eigenvalue weighted by atomic mass is 16.5. The molecule has 0 saturated heterocycles. The average molecular weight is 466 g/mol. The van der Waals surface area contributed by atoms with Gasteiger partial charge in [-0.3, -0.25) is 9.59 Å². The molecule has 0 radical (unpaired) electrons. The van der Waals surface area contributed by atoms with Crippen molar-refractivity contribution in [2.75, 3.05) is 12.4 Å². The molecule has 1 heterocycles. The topological polar surface area (TPSA) is 80.3 Å². The maximum atomic E-state index is 13.0. The van der Waals surface area contributed by atoms with Crippen molar-refractivity contribution in [1.29, 1.82) is 0 Å². The number of methoxy groups -OCH3 is 1. The number of ether oxygens (including phenoxy) is 1. The van der Waals surface area contributed by atoms with E-state index in [0.29, 0.717) is 23.4 Å². The molecule has 184 valence electrons. The number of amides is 1. The average Bonchev–Trinajstić information content (AvgIpc) is 2.83. The zero-order chi connectivity index (χ0) is 24.3. The number of hydrogen-bond acceptors (Lipinski definition) is 5. The summed E-state index contributed by atoms with van der Waals surface area (Å²) >= 11 is 0. The molecule has 2 fully saturated rings. The van der Waals surface area contributed by atoms with Crippen LogP contribution in [0.25, 0.3) is 10.8 Å². The number of anilines is 1. The molecule has 1 amide bonds. The van der Waals surface area contributed by atoms with E-state index < -0.39 is 0 Å². The lowest BCUT2D eigenvalue weighted by atomic mass is 9.71. The molecule has 34 heavy (non-hydrogen) atoms. The molecule has 0 aliphatic heterocycles. The van der Waals surface area contributed by atoms with Crippen LogP contribution < -0.4 is 10.6 Å². The van der Waals surface area contributed by atoms with Gasteiger partial charge in [-0.1, -0.05) is 33.3 Å². The van der Waals surface area contributed by atoms with Gasteiger partial charge in [-0.25, -0.2) is 4.98 Å². The molecule has 2 unspecified atom stereocenters. The minimum atomic E-state index is -0.177. The third kappa shape index (κ3) is 5.89. The van der Waals surface area contributed by atoms with Crippen molar-refractivity contribution < 1.29 is 14.3 Å². The van der Waals surface area contributed by atoms with Crippen molar-refractivity contribution in [3.8, 4) is 0 Å². The molecule has 0 bridgehead atoms. The van der Waals surface area contributed by atoms with Crippen molar-refractivity contribution in [1.82, 2.24) is 10.3 Å². The number of carbonyl (C=O) groups is 2. The van der Waals surface area contributed by atoms with E-state index in [4.69, 9.17) is 4.74 Å². The first-order chi connectivity index (χ1) is 16.2. The highest BCUT2D eigenvalue weighted by molar-refractivity contribution is 5.99. The van der Waals surface area contributed by atoms with Crippen LogP contribution in [0, 0.1) is 17.3 Å². The van der Waals surface area contributed by atoms with Crippen molar-refractivity contribution >= 4 is 28.5 Å². The zero-order valence-corrected chi connectivity index (χ0v) is 21.0. The highest BCUT2D eigenvalue weighted by Gasteiger charge is 2.30. The second-order valence-electron chi connectivity index (χ2n) is 11.2. The van der Waals surface area contributed by atoms with Gasteiger partial charge in [0, 0.05) is 29.2 Å². The monoisotopic (exact) mass is 465 g/mol. The van der Waals surface area contributed by atoms with E-state index in [-0.39, 0.29) is 23.8 Å². The maximum absolute atomic E-state index is 13.0. The molecular weight excluding hydrogens is 426 g/mol. The summed E-state index contributed by atoms with van der Waals surface area (Å²) in [6.07, 6.45) is 9.98. The molecule has 2 atom stereocenters. The van der Waals surface area contributed by atoms with Gasteiger partial charge in [0.15, 0.2) is 0 Å². The minimum Gasteiger partial charge on any atom is -0.469 e. The number of aromatic nitrogens is 1. The number of esters is 1. The third-order valence-electron chi connectivity index (χ3n) is 7.83. The summed E-state index contributed by atoms with van der Waals surface area (Å²) in [6.45, 7) is 7.03. The number of nitrogens with zero attached hydrogens (tertiary/aromatic N) is 1. The summed E-state index contributed by atoms with van der Waals surface area (Å²) < 4.78 is 4.90. The molecule has 6 nitrogen and oxygen atoms in total. The maximum Gasteiger partial charge on any atom is 0.308 e. The quantitative estimate of drug-likeness (QED) is 0.553. The summed E-state index contributed by atoms with van der Waals surface area (Å²) in [7, 11) is 1.43. The minimum absolute atomic E-state index is 0.000981. The molecule has 1 aromatic heterocycles. The number of nitrogens with one attached hydrogen (secondary N) is 2. The first-order valence-corrected chi connectivity index (χ1v) is 12.8. The Kier molecular flexibility index (Phi) is 7.44. The highest BCUT2D eigenvalue weighted by Crippen LogP contribution is 2.38. The smallest absolute Gasteiger partial charge is 0.308 e. The molecule has 2 aliphatic carbocycles. The fourth-order valence-electron chi connectivity index (χ4n) is 5.64. The number of fused-ring (bicyclic) bond motifs is 1. The molecule has 6 heteroatoms. The molecule has 0 spiro atoms. The summed E-state index contributed by atoms with van der Waals surface area (Å²) in [4.78, 5) is 29.5. The largest absolute Gasteiger partial charge is 0.469 e. The Labute approximate surface area is 203 Å². The summed E-state index contributed by atoms with van der Waals surface area (Å²) in [6, 6.07) is 8.24. The van der Waals surface area contributed by atoms with Crippen LogP contribution in [0.15, 0.2) is 30.5 Å². The van der Waals surface area contributed by atoms with Gasteiger partial charge in [0.1, 0.15) is 5.82 Å². The summed E-state index contributed by atoms with van der Waals surface area (Å²) in [5.74, 6) is 1.26.